The molecule has 19 heavy (non-hydrogen) atoms. The summed E-state index contributed by atoms with van der Waals surface area (Å²) in [7, 11) is 0. The highest BCUT2D eigenvalue weighted by molar-refractivity contribution is 9.10. The lowest BCUT2D eigenvalue weighted by molar-refractivity contribution is -0.121. The van der Waals surface area contributed by atoms with Crippen molar-refractivity contribution in [3.63, 3.8) is 0 Å². The lowest BCUT2D eigenvalue weighted by Crippen LogP contribution is -2.36. The number of halogens is 1. The van der Waals surface area contributed by atoms with Crippen LogP contribution in [0.4, 0.5) is 10.5 Å². The minimum atomic E-state index is -0.410. The third-order valence-corrected chi connectivity index (χ3v) is 3.45. The van der Waals surface area contributed by atoms with Crippen molar-refractivity contribution in [3.05, 3.63) is 27.1 Å². The normalized spacial score (nSPS) is 18.4. The fourth-order valence-corrected chi connectivity index (χ4v) is 2.26. The number of rotatable bonds is 2. The topological polar surface area (TPSA) is 108 Å². The number of primary amides is 1. The number of hydrogen-bond acceptors (Lipinski definition) is 3. The largest absolute Gasteiger partial charge is 0.369 e. The van der Waals surface area contributed by atoms with Crippen LogP contribution < -0.4 is 16.6 Å². The van der Waals surface area contributed by atoms with E-state index in [0.717, 1.165) is 0 Å². The van der Waals surface area contributed by atoms with E-state index >= 15 is 0 Å². The molecule has 0 radical (unpaired) electrons. The number of carbonyl (C=O) groups is 2. The number of anilines is 1. The van der Waals surface area contributed by atoms with Crippen LogP contribution in [0, 0.1) is 5.92 Å². The van der Waals surface area contributed by atoms with E-state index in [1.165, 1.54) is 17.2 Å². The van der Waals surface area contributed by atoms with Gasteiger partial charge in [-0.1, -0.05) is 0 Å². The fraction of sp³-hybridized carbons (Fsp3) is 0.364. The molecular formula is C11H13BrN4O3. The SMILES string of the molecule is NC(=O)[C@H]1CCN(C(=O)Nc2cc(Br)c[nH]c2=O)C1. The second-order valence-electron chi connectivity index (χ2n) is 4.32. The predicted molar refractivity (Wildman–Crippen MR) is 72.7 cm³/mol. The Hall–Kier alpha value is -1.83. The maximum absolute atomic E-state index is 11.9. The number of urea groups is 1. The second kappa shape index (κ2) is 5.43. The van der Waals surface area contributed by atoms with E-state index in [2.05, 4.69) is 26.2 Å². The second-order valence-corrected chi connectivity index (χ2v) is 5.24. The van der Waals surface area contributed by atoms with Gasteiger partial charge in [0.2, 0.25) is 5.91 Å². The Morgan fingerprint density at radius 2 is 2.26 bits per heavy atom. The van der Waals surface area contributed by atoms with Gasteiger partial charge < -0.3 is 20.9 Å². The molecule has 2 heterocycles. The van der Waals surface area contributed by atoms with Gasteiger partial charge in [-0.2, -0.15) is 0 Å². The fourth-order valence-electron chi connectivity index (χ4n) is 1.92. The quantitative estimate of drug-likeness (QED) is 0.734. The highest BCUT2D eigenvalue weighted by Crippen LogP contribution is 2.17. The van der Waals surface area contributed by atoms with E-state index in [0.29, 0.717) is 17.4 Å². The molecule has 102 valence electrons. The summed E-state index contributed by atoms with van der Waals surface area (Å²) in [5.41, 5.74) is 4.97. The van der Waals surface area contributed by atoms with Crippen LogP contribution in [0.2, 0.25) is 0 Å². The van der Waals surface area contributed by atoms with Gasteiger partial charge in [0.25, 0.3) is 5.56 Å². The molecule has 1 saturated heterocycles. The van der Waals surface area contributed by atoms with Crippen molar-refractivity contribution < 1.29 is 9.59 Å². The molecule has 0 spiro atoms. The summed E-state index contributed by atoms with van der Waals surface area (Å²) in [6.45, 7) is 0.735. The molecule has 1 fully saturated rings. The zero-order chi connectivity index (χ0) is 14.0. The van der Waals surface area contributed by atoms with Crippen molar-refractivity contribution in [1.29, 1.82) is 0 Å². The number of nitrogens with one attached hydrogen (secondary N) is 2. The van der Waals surface area contributed by atoms with Crippen LogP contribution in [-0.2, 0) is 4.79 Å². The summed E-state index contributed by atoms with van der Waals surface area (Å²) in [6.07, 6.45) is 2.04. The molecule has 1 aromatic heterocycles. The third kappa shape index (κ3) is 3.14. The van der Waals surface area contributed by atoms with Gasteiger partial charge in [-0.25, -0.2) is 4.79 Å². The van der Waals surface area contributed by atoms with Gasteiger partial charge >= 0.3 is 6.03 Å². The summed E-state index contributed by atoms with van der Waals surface area (Å²) in [5, 5.41) is 2.51. The van der Waals surface area contributed by atoms with Gasteiger partial charge in [-0.3, -0.25) is 9.59 Å². The molecule has 0 bridgehead atoms. The number of aromatic amines is 1. The molecular weight excluding hydrogens is 316 g/mol. The number of nitrogens with zero attached hydrogens (tertiary/aromatic N) is 1. The van der Waals surface area contributed by atoms with Gasteiger partial charge in [0.15, 0.2) is 0 Å². The minimum Gasteiger partial charge on any atom is -0.369 e. The standard InChI is InChI=1S/C11H13BrN4O3/c12-7-3-8(10(18)14-4-7)15-11(19)16-2-1-6(5-16)9(13)17/h3-4,6H,1-2,5H2,(H2,13,17)(H,14,18)(H,15,19)/t6-/m0/s1. The summed E-state index contributed by atoms with van der Waals surface area (Å²) in [6, 6.07) is 1.10. The molecule has 3 amide bonds. The molecule has 2 rings (SSSR count). The first-order valence-corrected chi connectivity index (χ1v) is 6.50. The monoisotopic (exact) mass is 328 g/mol. The number of nitrogens with two attached hydrogens (primary N) is 1. The molecule has 1 aromatic rings. The van der Waals surface area contributed by atoms with Crippen molar-refractivity contribution in [1.82, 2.24) is 9.88 Å². The van der Waals surface area contributed by atoms with E-state index in [9.17, 15) is 14.4 Å². The number of aromatic nitrogens is 1. The lowest BCUT2D eigenvalue weighted by Gasteiger charge is -2.16. The number of H-pyrrole nitrogens is 1. The summed E-state index contributed by atoms with van der Waals surface area (Å²) < 4.78 is 0.652. The molecule has 1 aliphatic heterocycles. The molecule has 0 aliphatic carbocycles. The van der Waals surface area contributed by atoms with Crippen LogP contribution in [0.15, 0.2) is 21.5 Å². The van der Waals surface area contributed by atoms with E-state index in [4.69, 9.17) is 5.73 Å². The Labute approximate surface area is 117 Å². The zero-order valence-corrected chi connectivity index (χ0v) is 11.6. The van der Waals surface area contributed by atoms with E-state index in [1.807, 2.05) is 0 Å². The lowest BCUT2D eigenvalue weighted by atomic mass is 10.1. The Balaban J connectivity index is 2.04. The average Bonchev–Trinajstić information content (AvgIpc) is 2.83. The van der Waals surface area contributed by atoms with Crippen LogP contribution in [0.3, 0.4) is 0 Å². The van der Waals surface area contributed by atoms with Crippen molar-refractivity contribution in [2.75, 3.05) is 18.4 Å². The molecule has 7 nitrogen and oxygen atoms in total. The Kier molecular flexibility index (Phi) is 3.89. The first kappa shape index (κ1) is 13.6. The molecule has 0 unspecified atom stereocenters. The van der Waals surface area contributed by atoms with E-state index in [1.54, 1.807) is 0 Å². The summed E-state index contributed by atoms with van der Waals surface area (Å²) in [4.78, 5) is 38.4. The van der Waals surface area contributed by atoms with Crippen LogP contribution in [0.5, 0.6) is 0 Å². The van der Waals surface area contributed by atoms with E-state index in [-0.39, 0.29) is 23.7 Å². The van der Waals surface area contributed by atoms with Crippen LogP contribution in [-0.4, -0.2) is 34.9 Å². The Bertz CT molecular complexity index is 571. The van der Waals surface area contributed by atoms with E-state index < -0.39 is 11.9 Å². The smallest absolute Gasteiger partial charge is 0.322 e. The summed E-state index contributed by atoms with van der Waals surface area (Å²) >= 11 is 3.20. The molecule has 1 aliphatic rings. The van der Waals surface area contributed by atoms with Crippen LogP contribution in [0.1, 0.15) is 6.42 Å². The highest BCUT2D eigenvalue weighted by atomic mass is 79.9. The van der Waals surface area contributed by atoms with Crippen molar-refractivity contribution in [3.8, 4) is 0 Å². The third-order valence-electron chi connectivity index (χ3n) is 2.99. The zero-order valence-electron chi connectivity index (χ0n) is 9.98. The first-order chi connectivity index (χ1) is 8.97. The van der Waals surface area contributed by atoms with Gasteiger partial charge in [-0.05, 0) is 28.4 Å². The predicted octanol–water partition coefficient (Wildman–Crippen LogP) is 0.476. The van der Waals surface area contributed by atoms with Crippen LogP contribution in [0.25, 0.3) is 0 Å². The number of carbonyl (C=O) groups excluding carboxylic acids is 2. The highest BCUT2D eigenvalue weighted by Gasteiger charge is 2.29. The van der Waals surface area contributed by atoms with Gasteiger partial charge in [0.05, 0.1) is 5.92 Å². The van der Waals surface area contributed by atoms with Gasteiger partial charge in [-0.15, -0.1) is 0 Å². The van der Waals surface area contributed by atoms with Crippen molar-refractivity contribution >= 4 is 33.6 Å². The number of likely N-dealkylation sites (tertiary alicyclic amines) is 1. The molecule has 0 aromatic carbocycles. The van der Waals surface area contributed by atoms with Crippen molar-refractivity contribution in [2.45, 2.75) is 6.42 Å². The molecule has 1 atom stereocenters. The number of amides is 3. The van der Waals surface area contributed by atoms with Crippen molar-refractivity contribution in [2.24, 2.45) is 11.7 Å². The maximum Gasteiger partial charge on any atom is 0.322 e. The molecule has 0 saturated carbocycles. The number of pyridine rings is 1. The first-order valence-electron chi connectivity index (χ1n) is 5.71. The Morgan fingerprint density at radius 1 is 1.53 bits per heavy atom. The summed E-state index contributed by atoms with van der Waals surface area (Å²) in [5.74, 6) is -0.720. The maximum atomic E-state index is 11.9. The van der Waals surface area contributed by atoms with Gasteiger partial charge in [0, 0.05) is 23.8 Å². The minimum absolute atomic E-state index is 0.155. The Morgan fingerprint density at radius 3 is 2.89 bits per heavy atom. The molecule has 4 N–H and O–H groups in total. The van der Waals surface area contributed by atoms with Crippen LogP contribution >= 0.6 is 15.9 Å². The molecule has 8 heteroatoms. The average molecular weight is 329 g/mol. The number of hydrogen-bond donors (Lipinski definition) is 3. The van der Waals surface area contributed by atoms with Gasteiger partial charge in [0.1, 0.15) is 5.69 Å².